The fourth-order valence-electron chi connectivity index (χ4n) is 3.69. The van der Waals surface area contributed by atoms with Gasteiger partial charge in [0.1, 0.15) is 18.9 Å². The molecule has 1 aliphatic heterocycles. The third-order valence-corrected chi connectivity index (χ3v) is 6.32. The highest BCUT2D eigenvalue weighted by molar-refractivity contribution is 7.10. The van der Waals surface area contributed by atoms with Crippen molar-refractivity contribution in [2.45, 2.75) is 33.2 Å². The fraction of sp³-hybridized carbons (Fsp3) is 0.417. The van der Waals surface area contributed by atoms with Crippen molar-refractivity contribution < 1.29 is 14.3 Å². The van der Waals surface area contributed by atoms with Gasteiger partial charge in [-0.25, -0.2) is 0 Å². The smallest absolute Gasteiger partial charge is 0.242 e. The van der Waals surface area contributed by atoms with Crippen LogP contribution >= 0.6 is 11.3 Å². The molecule has 1 unspecified atom stereocenters. The van der Waals surface area contributed by atoms with E-state index >= 15 is 0 Å². The molecule has 0 saturated carbocycles. The monoisotopic (exact) mass is 426 g/mol. The molecule has 0 aliphatic carbocycles. The molecular weight excluding hydrogens is 396 g/mol. The van der Waals surface area contributed by atoms with E-state index in [1.54, 1.807) is 22.3 Å². The highest BCUT2D eigenvalue weighted by Gasteiger charge is 2.33. The van der Waals surface area contributed by atoms with E-state index in [9.17, 15) is 9.59 Å². The number of benzene rings is 1. The SMILES string of the molecule is C=CCN(CC(=O)N1CCc2sccc2C1COc1ccc(C)cc1)C(=O)C(C)C. The summed E-state index contributed by atoms with van der Waals surface area (Å²) < 4.78 is 6.06. The molecule has 1 aromatic carbocycles. The lowest BCUT2D eigenvalue weighted by Gasteiger charge is -2.37. The van der Waals surface area contributed by atoms with Crippen molar-refractivity contribution in [1.82, 2.24) is 9.80 Å². The summed E-state index contributed by atoms with van der Waals surface area (Å²) in [4.78, 5) is 30.5. The average Bonchev–Trinajstić information content (AvgIpc) is 3.21. The fourth-order valence-corrected chi connectivity index (χ4v) is 4.62. The maximum absolute atomic E-state index is 13.3. The highest BCUT2D eigenvalue weighted by atomic mass is 32.1. The molecule has 6 heteroatoms. The van der Waals surface area contributed by atoms with Crippen LogP contribution in [0.1, 0.15) is 35.9 Å². The molecule has 0 radical (unpaired) electrons. The summed E-state index contributed by atoms with van der Waals surface area (Å²) >= 11 is 1.73. The molecule has 0 fully saturated rings. The maximum Gasteiger partial charge on any atom is 0.242 e. The number of hydrogen-bond donors (Lipinski definition) is 0. The van der Waals surface area contributed by atoms with Crippen LogP contribution in [-0.4, -0.2) is 47.9 Å². The van der Waals surface area contributed by atoms with Gasteiger partial charge >= 0.3 is 0 Å². The lowest BCUT2D eigenvalue weighted by molar-refractivity contribution is -0.143. The van der Waals surface area contributed by atoms with Crippen LogP contribution in [0.15, 0.2) is 48.4 Å². The van der Waals surface area contributed by atoms with Gasteiger partial charge in [-0.15, -0.1) is 17.9 Å². The van der Waals surface area contributed by atoms with Crippen molar-refractivity contribution in [3.63, 3.8) is 0 Å². The summed E-state index contributed by atoms with van der Waals surface area (Å²) in [5.41, 5.74) is 2.33. The van der Waals surface area contributed by atoms with Crippen molar-refractivity contribution in [3.8, 4) is 5.75 Å². The third kappa shape index (κ3) is 5.11. The van der Waals surface area contributed by atoms with E-state index < -0.39 is 0 Å². The summed E-state index contributed by atoms with van der Waals surface area (Å²) in [6, 6.07) is 9.86. The molecule has 0 bridgehead atoms. The average molecular weight is 427 g/mol. The summed E-state index contributed by atoms with van der Waals surface area (Å²) in [5, 5.41) is 2.07. The molecule has 1 aliphatic rings. The van der Waals surface area contributed by atoms with Gasteiger partial charge in [-0.1, -0.05) is 37.6 Å². The Kier molecular flexibility index (Phi) is 7.32. The van der Waals surface area contributed by atoms with E-state index in [2.05, 4.69) is 18.0 Å². The zero-order valence-electron chi connectivity index (χ0n) is 18.0. The summed E-state index contributed by atoms with van der Waals surface area (Å²) in [6.45, 7) is 10.9. The van der Waals surface area contributed by atoms with Gasteiger partial charge in [-0.3, -0.25) is 9.59 Å². The Hall–Kier alpha value is -2.60. The molecule has 0 spiro atoms. The second kappa shape index (κ2) is 9.94. The van der Waals surface area contributed by atoms with Gasteiger partial charge in [0.2, 0.25) is 11.8 Å². The molecule has 3 rings (SSSR count). The molecule has 0 saturated heterocycles. The van der Waals surface area contributed by atoms with E-state index in [1.165, 1.54) is 10.4 Å². The van der Waals surface area contributed by atoms with E-state index in [1.807, 2.05) is 49.9 Å². The standard InChI is InChI=1S/C24H30N2O3S/c1-5-12-25(24(28)17(2)3)15-23(27)26-13-10-22-20(11-14-30-22)21(26)16-29-19-8-6-18(4)7-9-19/h5-9,11,14,17,21H,1,10,12-13,15-16H2,2-4H3. The van der Waals surface area contributed by atoms with Crippen molar-refractivity contribution in [2.24, 2.45) is 5.92 Å². The number of hydrogen-bond acceptors (Lipinski definition) is 4. The van der Waals surface area contributed by atoms with Crippen LogP contribution in [0, 0.1) is 12.8 Å². The number of aryl methyl sites for hydroxylation is 1. The number of ether oxygens (including phenoxy) is 1. The van der Waals surface area contributed by atoms with Gasteiger partial charge in [-0.2, -0.15) is 0 Å². The summed E-state index contributed by atoms with van der Waals surface area (Å²) in [6.07, 6.45) is 2.50. The number of amides is 2. The zero-order chi connectivity index (χ0) is 21.7. The van der Waals surface area contributed by atoms with Crippen LogP contribution in [0.3, 0.4) is 0 Å². The molecule has 30 heavy (non-hydrogen) atoms. The van der Waals surface area contributed by atoms with E-state index in [-0.39, 0.29) is 30.3 Å². The number of fused-ring (bicyclic) bond motifs is 1. The van der Waals surface area contributed by atoms with Crippen LogP contribution in [0.5, 0.6) is 5.75 Å². The number of carbonyl (C=O) groups is 2. The highest BCUT2D eigenvalue weighted by Crippen LogP contribution is 2.34. The van der Waals surface area contributed by atoms with Gasteiger partial charge in [-0.05, 0) is 42.5 Å². The summed E-state index contributed by atoms with van der Waals surface area (Å²) in [5.74, 6) is 0.533. The normalized spacial score (nSPS) is 15.6. The number of rotatable bonds is 8. The van der Waals surface area contributed by atoms with E-state index in [0.29, 0.717) is 19.7 Å². The van der Waals surface area contributed by atoms with Crippen LogP contribution in [0.4, 0.5) is 0 Å². The molecule has 2 heterocycles. The van der Waals surface area contributed by atoms with Crippen molar-refractivity contribution in [3.05, 3.63) is 64.4 Å². The Labute approximate surface area is 182 Å². The first-order valence-corrected chi connectivity index (χ1v) is 11.2. The van der Waals surface area contributed by atoms with Crippen molar-refractivity contribution in [2.75, 3.05) is 26.2 Å². The van der Waals surface area contributed by atoms with Crippen LogP contribution in [-0.2, 0) is 16.0 Å². The van der Waals surface area contributed by atoms with Gasteiger partial charge in [0.05, 0.1) is 6.04 Å². The number of carbonyl (C=O) groups excluding carboxylic acids is 2. The predicted molar refractivity (Wildman–Crippen MR) is 121 cm³/mol. The van der Waals surface area contributed by atoms with Crippen molar-refractivity contribution in [1.29, 1.82) is 0 Å². The third-order valence-electron chi connectivity index (χ3n) is 5.33. The zero-order valence-corrected chi connectivity index (χ0v) is 18.8. The van der Waals surface area contributed by atoms with Gasteiger partial charge in [0.15, 0.2) is 0 Å². The Morgan fingerprint density at radius 2 is 2.03 bits per heavy atom. The minimum Gasteiger partial charge on any atom is -0.491 e. The Bertz CT molecular complexity index is 888. The molecule has 160 valence electrons. The quantitative estimate of drug-likeness (QED) is 0.594. The molecule has 5 nitrogen and oxygen atoms in total. The second-order valence-electron chi connectivity index (χ2n) is 7.94. The molecule has 2 aromatic rings. The van der Waals surface area contributed by atoms with E-state index in [4.69, 9.17) is 4.74 Å². The minimum absolute atomic E-state index is 0.0380. The molecular formula is C24H30N2O3S. The van der Waals surface area contributed by atoms with Gasteiger partial charge in [0, 0.05) is 23.9 Å². The Morgan fingerprint density at radius 3 is 2.70 bits per heavy atom. The first-order chi connectivity index (χ1) is 14.4. The van der Waals surface area contributed by atoms with Gasteiger partial charge in [0.25, 0.3) is 0 Å². The van der Waals surface area contributed by atoms with Crippen LogP contribution < -0.4 is 4.74 Å². The first kappa shape index (κ1) is 22.1. The lowest BCUT2D eigenvalue weighted by atomic mass is 10.00. The van der Waals surface area contributed by atoms with Crippen molar-refractivity contribution >= 4 is 23.2 Å². The largest absolute Gasteiger partial charge is 0.491 e. The minimum atomic E-state index is -0.164. The lowest BCUT2D eigenvalue weighted by Crippen LogP contribution is -2.48. The van der Waals surface area contributed by atoms with Crippen LogP contribution in [0.2, 0.25) is 0 Å². The van der Waals surface area contributed by atoms with Crippen LogP contribution in [0.25, 0.3) is 0 Å². The first-order valence-electron chi connectivity index (χ1n) is 10.4. The molecule has 2 amide bonds. The summed E-state index contributed by atoms with van der Waals surface area (Å²) in [7, 11) is 0. The molecule has 1 atom stereocenters. The van der Waals surface area contributed by atoms with Gasteiger partial charge < -0.3 is 14.5 Å². The Balaban J connectivity index is 1.77. The van der Waals surface area contributed by atoms with E-state index in [0.717, 1.165) is 17.7 Å². The molecule has 1 aromatic heterocycles. The number of thiophene rings is 1. The maximum atomic E-state index is 13.3. The molecule has 0 N–H and O–H groups in total. The topological polar surface area (TPSA) is 49.9 Å². The predicted octanol–water partition coefficient (Wildman–Crippen LogP) is 4.23. The second-order valence-corrected chi connectivity index (χ2v) is 8.94. The number of nitrogens with zero attached hydrogens (tertiary/aromatic N) is 2. The Morgan fingerprint density at radius 1 is 1.30 bits per heavy atom.